The summed E-state index contributed by atoms with van der Waals surface area (Å²) in [6, 6.07) is 15.1. The van der Waals surface area contributed by atoms with Crippen molar-refractivity contribution in [1.29, 1.82) is 0 Å². The van der Waals surface area contributed by atoms with Crippen molar-refractivity contribution >= 4 is 27.5 Å². The van der Waals surface area contributed by atoms with Gasteiger partial charge in [-0.15, -0.1) is 0 Å². The van der Waals surface area contributed by atoms with Crippen molar-refractivity contribution < 1.29 is 9.53 Å². The highest BCUT2D eigenvalue weighted by Crippen LogP contribution is 2.19. The SMILES string of the molecule is COc1ccccc1C(=O)Nc1cnn(Cc2ccc(Br)cc2)c1. The standard InChI is InChI=1S/C18H16BrN3O2/c1-24-17-5-3-2-4-16(17)18(23)21-15-10-20-22(12-15)11-13-6-8-14(19)9-7-13/h2-10,12H,11H2,1H3,(H,21,23). The molecule has 0 fully saturated rings. The van der Waals surface area contributed by atoms with Crippen LogP contribution in [0.25, 0.3) is 0 Å². The number of benzene rings is 2. The lowest BCUT2D eigenvalue weighted by molar-refractivity contribution is 0.102. The smallest absolute Gasteiger partial charge is 0.259 e. The van der Waals surface area contributed by atoms with Gasteiger partial charge in [0.15, 0.2) is 0 Å². The van der Waals surface area contributed by atoms with Crippen molar-refractivity contribution in [1.82, 2.24) is 9.78 Å². The Morgan fingerprint density at radius 1 is 1.21 bits per heavy atom. The summed E-state index contributed by atoms with van der Waals surface area (Å²) in [5.74, 6) is 0.313. The van der Waals surface area contributed by atoms with Crippen LogP contribution in [-0.4, -0.2) is 22.8 Å². The Kier molecular flexibility index (Phi) is 4.96. The number of carbonyl (C=O) groups excluding carboxylic acids is 1. The molecule has 3 rings (SSSR count). The summed E-state index contributed by atoms with van der Waals surface area (Å²) in [6.07, 6.45) is 3.43. The number of para-hydroxylation sites is 1. The van der Waals surface area contributed by atoms with Crippen LogP contribution in [0.5, 0.6) is 5.75 Å². The van der Waals surface area contributed by atoms with Crippen LogP contribution in [0.15, 0.2) is 65.4 Å². The van der Waals surface area contributed by atoms with Gasteiger partial charge >= 0.3 is 0 Å². The molecule has 0 bridgehead atoms. The monoisotopic (exact) mass is 385 g/mol. The number of aromatic nitrogens is 2. The predicted molar refractivity (Wildman–Crippen MR) is 96.4 cm³/mol. The fraction of sp³-hybridized carbons (Fsp3) is 0.111. The zero-order chi connectivity index (χ0) is 16.9. The molecule has 1 N–H and O–H groups in total. The molecule has 5 nitrogen and oxygen atoms in total. The van der Waals surface area contributed by atoms with Gasteiger partial charge in [-0.1, -0.05) is 40.2 Å². The number of rotatable bonds is 5. The first-order chi connectivity index (χ1) is 11.7. The van der Waals surface area contributed by atoms with E-state index in [0.29, 0.717) is 23.5 Å². The second-order valence-corrected chi connectivity index (χ2v) is 6.12. The van der Waals surface area contributed by atoms with E-state index in [0.717, 1.165) is 10.0 Å². The first kappa shape index (κ1) is 16.3. The predicted octanol–water partition coefficient (Wildman–Crippen LogP) is 3.95. The summed E-state index contributed by atoms with van der Waals surface area (Å²) in [4.78, 5) is 12.4. The third kappa shape index (κ3) is 3.83. The Bertz CT molecular complexity index is 843. The number of nitrogens with zero attached hydrogens (tertiary/aromatic N) is 2. The van der Waals surface area contributed by atoms with Crippen molar-refractivity contribution in [2.75, 3.05) is 12.4 Å². The van der Waals surface area contributed by atoms with E-state index in [2.05, 4.69) is 26.3 Å². The Morgan fingerprint density at radius 2 is 1.96 bits per heavy atom. The number of methoxy groups -OCH3 is 1. The summed E-state index contributed by atoms with van der Waals surface area (Å²) in [6.45, 7) is 0.637. The zero-order valence-electron chi connectivity index (χ0n) is 13.1. The molecule has 0 saturated carbocycles. The number of anilines is 1. The van der Waals surface area contributed by atoms with Crippen LogP contribution >= 0.6 is 15.9 Å². The molecule has 3 aromatic rings. The zero-order valence-corrected chi connectivity index (χ0v) is 14.7. The molecular weight excluding hydrogens is 370 g/mol. The minimum Gasteiger partial charge on any atom is -0.496 e. The molecular formula is C18H16BrN3O2. The number of ether oxygens (including phenoxy) is 1. The van der Waals surface area contributed by atoms with Gasteiger partial charge in [0.1, 0.15) is 5.75 Å². The van der Waals surface area contributed by atoms with E-state index in [-0.39, 0.29) is 5.91 Å². The van der Waals surface area contributed by atoms with E-state index >= 15 is 0 Å². The average molecular weight is 386 g/mol. The Balaban J connectivity index is 1.69. The molecule has 2 aromatic carbocycles. The highest BCUT2D eigenvalue weighted by molar-refractivity contribution is 9.10. The van der Waals surface area contributed by atoms with Gasteiger partial charge < -0.3 is 10.1 Å². The van der Waals surface area contributed by atoms with Crippen LogP contribution in [0.4, 0.5) is 5.69 Å². The second-order valence-electron chi connectivity index (χ2n) is 5.21. The minimum atomic E-state index is -0.226. The molecule has 24 heavy (non-hydrogen) atoms. The summed E-state index contributed by atoms with van der Waals surface area (Å²) >= 11 is 3.42. The van der Waals surface area contributed by atoms with Gasteiger partial charge in [0.2, 0.25) is 0 Å². The largest absolute Gasteiger partial charge is 0.496 e. The lowest BCUT2D eigenvalue weighted by Crippen LogP contribution is -2.12. The molecule has 0 aliphatic rings. The van der Waals surface area contributed by atoms with Gasteiger partial charge in [-0.2, -0.15) is 5.10 Å². The van der Waals surface area contributed by atoms with Crippen LogP contribution in [0.3, 0.4) is 0 Å². The number of hydrogen-bond donors (Lipinski definition) is 1. The van der Waals surface area contributed by atoms with Gasteiger partial charge in [0.05, 0.1) is 31.1 Å². The molecule has 0 saturated heterocycles. The van der Waals surface area contributed by atoms with Crippen molar-refractivity contribution in [2.45, 2.75) is 6.54 Å². The van der Waals surface area contributed by atoms with Crippen LogP contribution in [0, 0.1) is 0 Å². The van der Waals surface area contributed by atoms with Crippen molar-refractivity contribution in [2.24, 2.45) is 0 Å². The second kappa shape index (κ2) is 7.31. The fourth-order valence-electron chi connectivity index (χ4n) is 2.32. The fourth-order valence-corrected chi connectivity index (χ4v) is 2.59. The van der Waals surface area contributed by atoms with Crippen LogP contribution in [-0.2, 0) is 6.54 Å². The van der Waals surface area contributed by atoms with E-state index in [4.69, 9.17) is 4.74 Å². The molecule has 0 radical (unpaired) electrons. The Morgan fingerprint density at radius 3 is 2.71 bits per heavy atom. The first-order valence-electron chi connectivity index (χ1n) is 7.37. The quantitative estimate of drug-likeness (QED) is 0.723. The van der Waals surface area contributed by atoms with E-state index in [1.807, 2.05) is 30.3 Å². The third-order valence-corrected chi connectivity index (χ3v) is 4.03. The normalized spacial score (nSPS) is 10.4. The van der Waals surface area contributed by atoms with Gasteiger partial charge in [-0.25, -0.2) is 0 Å². The van der Waals surface area contributed by atoms with Crippen molar-refractivity contribution in [3.05, 3.63) is 76.5 Å². The summed E-state index contributed by atoms with van der Waals surface area (Å²) in [5, 5.41) is 7.12. The van der Waals surface area contributed by atoms with Crippen molar-refractivity contribution in [3.63, 3.8) is 0 Å². The average Bonchev–Trinajstić information content (AvgIpc) is 3.03. The lowest BCUT2D eigenvalue weighted by Gasteiger charge is -2.07. The van der Waals surface area contributed by atoms with Gasteiger partial charge in [-0.3, -0.25) is 9.48 Å². The number of hydrogen-bond acceptors (Lipinski definition) is 3. The van der Waals surface area contributed by atoms with Crippen LogP contribution in [0.1, 0.15) is 15.9 Å². The highest BCUT2D eigenvalue weighted by Gasteiger charge is 2.12. The number of carbonyl (C=O) groups is 1. The number of amides is 1. The Labute approximate surface area is 148 Å². The van der Waals surface area contributed by atoms with E-state index in [9.17, 15) is 4.79 Å². The van der Waals surface area contributed by atoms with Crippen LogP contribution < -0.4 is 10.1 Å². The van der Waals surface area contributed by atoms with Gasteiger partial charge in [0.25, 0.3) is 5.91 Å². The molecule has 0 unspecified atom stereocenters. The lowest BCUT2D eigenvalue weighted by atomic mass is 10.2. The molecule has 1 aromatic heterocycles. The maximum absolute atomic E-state index is 12.4. The molecule has 1 amide bonds. The molecule has 0 aliphatic carbocycles. The van der Waals surface area contributed by atoms with E-state index < -0.39 is 0 Å². The molecule has 6 heteroatoms. The third-order valence-electron chi connectivity index (χ3n) is 3.50. The van der Waals surface area contributed by atoms with Gasteiger partial charge in [0, 0.05) is 10.7 Å². The summed E-state index contributed by atoms with van der Waals surface area (Å²) in [5.41, 5.74) is 2.26. The van der Waals surface area contributed by atoms with Gasteiger partial charge in [-0.05, 0) is 29.8 Å². The summed E-state index contributed by atoms with van der Waals surface area (Å²) < 4.78 is 8.03. The molecule has 1 heterocycles. The maximum Gasteiger partial charge on any atom is 0.259 e. The molecule has 122 valence electrons. The first-order valence-corrected chi connectivity index (χ1v) is 8.16. The maximum atomic E-state index is 12.4. The Hall–Kier alpha value is -2.60. The van der Waals surface area contributed by atoms with E-state index in [1.165, 1.54) is 0 Å². The molecule has 0 spiro atoms. The minimum absolute atomic E-state index is 0.226. The highest BCUT2D eigenvalue weighted by atomic mass is 79.9. The topological polar surface area (TPSA) is 56.1 Å². The van der Waals surface area contributed by atoms with Crippen LogP contribution in [0.2, 0.25) is 0 Å². The molecule has 0 atom stereocenters. The van der Waals surface area contributed by atoms with E-state index in [1.54, 1.807) is 42.4 Å². The summed E-state index contributed by atoms with van der Waals surface area (Å²) in [7, 11) is 1.54. The number of halogens is 1. The molecule has 0 aliphatic heterocycles. The number of nitrogens with one attached hydrogen (secondary N) is 1. The van der Waals surface area contributed by atoms with Crippen molar-refractivity contribution in [3.8, 4) is 5.75 Å².